The van der Waals surface area contributed by atoms with E-state index in [0.29, 0.717) is 6.04 Å². The smallest absolute Gasteiger partial charge is 0.166 e. The quantitative estimate of drug-likeness (QED) is 0.892. The fourth-order valence-electron chi connectivity index (χ4n) is 2.63. The fraction of sp³-hybridized carbons (Fsp3) is 0.600. The zero-order valence-electron chi connectivity index (χ0n) is 12.0. The van der Waals surface area contributed by atoms with Crippen molar-refractivity contribution in [1.82, 2.24) is 5.32 Å². The van der Waals surface area contributed by atoms with Gasteiger partial charge in [0.15, 0.2) is 11.5 Å². The average molecular weight is 249 g/mol. The van der Waals surface area contributed by atoms with Crippen LogP contribution in [0.1, 0.15) is 44.4 Å². The molecule has 1 aromatic rings. The van der Waals surface area contributed by atoms with E-state index < -0.39 is 0 Å². The minimum absolute atomic E-state index is 0.164. The molecule has 0 aromatic heterocycles. The molecule has 3 heteroatoms. The summed E-state index contributed by atoms with van der Waals surface area (Å²) >= 11 is 0. The van der Waals surface area contributed by atoms with Gasteiger partial charge in [-0.25, -0.2) is 0 Å². The number of hydrogen-bond acceptors (Lipinski definition) is 3. The van der Waals surface area contributed by atoms with Crippen molar-refractivity contribution in [2.45, 2.75) is 45.8 Å². The van der Waals surface area contributed by atoms with Gasteiger partial charge in [-0.1, -0.05) is 13.0 Å². The highest BCUT2D eigenvalue weighted by Gasteiger charge is 2.35. The number of ether oxygens (including phenoxy) is 2. The van der Waals surface area contributed by atoms with E-state index >= 15 is 0 Å². The van der Waals surface area contributed by atoms with E-state index in [0.717, 1.165) is 24.5 Å². The molecule has 0 spiro atoms. The number of methoxy groups -OCH3 is 1. The van der Waals surface area contributed by atoms with E-state index in [1.807, 2.05) is 6.07 Å². The number of aryl methyl sites for hydroxylation is 1. The van der Waals surface area contributed by atoms with Crippen LogP contribution in [0, 0.1) is 6.92 Å². The summed E-state index contributed by atoms with van der Waals surface area (Å²) in [4.78, 5) is 0. The molecule has 1 aliphatic rings. The van der Waals surface area contributed by atoms with E-state index in [-0.39, 0.29) is 5.60 Å². The summed E-state index contributed by atoms with van der Waals surface area (Å²) in [6.45, 7) is 9.43. The molecular weight excluding hydrogens is 226 g/mol. The number of nitrogens with one attached hydrogen (secondary N) is 1. The Morgan fingerprint density at radius 1 is 1.44 bits per heavy atom. The lowest BCUT2D eigenvalue weighted by atomic mass is 9.88. The van der Waals surface area contributed by atoms with Crippen molar-refractivity contribution in [2.24, 2.45) is 0 Å². The maximum Gasteiger partial charge on any atom is 0.166 e. The van der Waals surface area contributed by atoms with Gasteiger partial charge in [0.25, 0.3) is 0 Å². The topological polar surface area (TPSA) is 30.5 Å². The Labute approximate surface area is 109 Å². The molecule has 1 N–H and O–H groups in total. The molecule has 0 amide bonds. The highest BCUT2D eigenvalue weighted by molar-refractivity contribution is 5.52. The first-order valence-corrected chi connectivity index (χ1v) is 6.58. The Bertz CT molecular complexity index is 440. The van der Waals surface area contributed by atoms with Crippen molar-refractivity contribution < 1.29 is 9.47 Å². The number of benzene rings is 1. The van der Waals surface area contributed by atoms with Crippen LogP contribution >= 0.6 is 0 Å². The van der Waals surface area contributed by atoms with Gasteiger partial charge in [0.05, 0.1) is 7.11 Å². The summed E-state index contributed by atoms with van der Waals surface area (Å²) in [6, 6.07) is 4.56. The highest BCUT2D eigenvalue weighted by Crippen LogP contribution is 2.45. The molecular formula is C15H23NO2. The van der Waals surface area contributed by atoms with Crippen LogP contribution in [0.15, 0.2) is 12.1 Å². The Morgan fingerprint density at radius 3 is 2.78 bits per heavy atom. The molecule has 100 valence electrons. The normalized spacial score (nSPS) is 21.1. The molecule has 0 fully saturated rings. The van der Waals surface area contributed by atoms with Crippen molar-refractivity contribution in [1.29, 1.82) is 0 Å². The van der Waals surface area contributed by atoms with Crippen LogP contribution in [0.2, 0.25) is 0 Å². The highest BCUT2D eigenvalue weighted by atomic mass is 16.5. The minimum Gasteiger partial charge on any atom is -0.493 e. The van der Waals surface area contributed by atoms with Crippen LogP contribution in [0.5, 0.6) is 11.5 Å². The second-order valence-electron chi connectivity index (χ2n) is 5.56. The molecule has 0 saturated heterocycles. The molecule has 1 aliphatic heterocycles. The van der Waals surface area contributed by atoms with Crippen LogP contribution < -0.4 is 14.8 Å². The maximum atomic E-state index is 6.11. The maximum absolute atomic E-state index is 6.11. The summed E-state index contributed by atoms with van der Waals surface area (Å²) in [5.74, 6) is 1.73. The van der Waals surface area contributed by atoms with Gasteiger partial charge in [0, 0.05) is 18.0 Å². The van der Waals surface area contributed by atoms with Gasteiger partial charge in [-0.15, -0.1) is 0 Å². The van der Waals surface area contributed by atoms with E-state index in [2.05, 4.69) is 39.1 Å². The lowest BCUT2D eigenvalue weighted by molar-refractivity contribution is 0.0626. The summed E-state index contributed by atoms with van der Waals surface area (Å²) in [7, 11) is 1.70. The SMILES string of the molecule is CCNC1CC(C)(C)Oc2c(OC)cc(C)cc21. The van der Waals surface area contributed by atoms with E-state index in [4.69, 9.17) is 9.47 Å². The summed E-state index contributed by atoms with van der Waals surface area (Å²) < 4.78 is 11.6. The van der Waals surface area contributed by atoms with Crippen molar-refractivity contribution in [3.63, 3.8) is 0 Å². The molecule has 2 rings (SSSR count). The van der Waals surface area contributed by atoms with Crippen LogP contribution in [0.3, 0.4) is 0 Å². The van der Waals surface area contributed by atoms with Crippen LogP contribution in [-0.4, -0.2) is 19.3 Å². The monoisotopic (exact) mass is 249 g/mol. The van der Waals surface area contributed by atoms with E-state index in [1.165, 1.54) is 11.1 Å². The summed E-state index contributed by atoms with van der Waals surface area (Å²) in [5.41, 5.74) is 2.26. The molecule has 1 unspecified atom stereocenters. The van der Waals surface area contributed by atoms with Gasteiger partial charge < -0.3 is 14.8 Å². The van der Waals surface area contributed by atoms with Gasteiger partial charge in [0.2, 0.25) is 0 Å². The molecule has 0 aliphatic carbocycles. The molecule has 3 nitrogen and oxygen atoms in total. The van der Waals surface area contributed by atoms with Crippen LogP contribution in [-0.2, 0) is 0 Å². The number of hydrogen-bond donors (Lipinski definition) is 1. The van der Waals surface area contributed by atoms with Gasteiger partial charge in [-0.05, 0) is 38.9 Å². The van der Waals surface area contributed by atoms with Crippen molar-refractivity contribution in [3.8, 4) is 11.5 Å². The van der Waals surface area contributed by atoms with Gasteiger partial charge in [-0.3, -0.25) is 0 Å². The lowest BCUT2D eigenvalue weighted by Crippen LogP contribution is -2.39. The number of rotatable bonds is 3. The summed E-state index contributed by atoms with van der Waals surface area (Å²) in [6.07, 6.45) is 0.973. The van der Waals surface area contributed by atoms with Crippen LogP contribution in [0.25, 0.3) is 0 Å². The van der Waals surface area contributed by atoms with Crippen molar-refractivity contribution >= 4 is 0 Å². The third kappa shape index (κ3) is 2.46. The van der Waals surface area contributed by atoms with E-state index in [9.17, 15) is 0 Å². The average Bonchev–Trinajstić information content (AvgIpc) is 2.29. The lowest BCUT2D eigenvalue weighted by Gasteiger charge is -2.38. The Hall–Kier alpha value is -1.22. The summed E-state index contributed by atoms with van der Waals surface area (Å²) in [5, 5.41) is 3.54. The van der Waals surface area contributed by atoms with Crippen molar-refractivity contribution in [2.75, 3.05) is 13.7 Å². The second-order valence-corrected chi connectivity index (χ2v) is 5.56. The third-order valence-corrected chi connectivity index (χ3v) is 3.35. The first kappa shape index (κ1) is 13.2. The Balaban J connectivity index is 2.51. The molecule has 1 heterocycles. The van der Waals surface area contributed by atoms with Gasteiger partial charge in [-0.2, -0.15) is 0 Å². The second kappa shape index (κ2) is 4.81. The zero-order valence-corrected chi connectivity index (χ0v) is 12.0. The van der Waals surface area contributed by atoms with Gasteiger partial charge in [0.1, 0.15) is 5.60 Å². The first-order valence-electron chi connectivity index (χ1n) is 6.58. The number of fused-ring (bicyclic) bond motifs is 1. The van der Waals surface area contributed by atoms with E-state index in [1.54, 1.807) is 7.11 Å². The molecule has 0 saturated carbocycles. The Morgan fingerprint density at radius 2 is 2.17 bits per heavy atom. The van der Waals surface area contributed by atoms with Gasteiger partial charge >= 0.3 is 0 Å². The standard InChI is InChI=1S/C15H23NO2/c1-6-16-12-9-15(3,4)18-14-11(12)7-10(2)8-13(14)17-5/h7-8,12,16H,6,9H2,1-5H3. The first-order chi connectivity index (χ1) is 8.46. The largest absolute Gasteiger partial charge is 0.493 e. The molecule has 0 radical (unpaired) electrons. The molecule has 0 bridgehead atoms. The van der Waals surface area contributed by atoms with Crippen LogP contribution in [0.4, 0.5) is 0 Å². The zero-order chi connectivity index (χ0) is 13.3. The molecule has 1 atom stereocenters. The minimum atomic E-state index is -0.164. The fourth-order valence-corrected chi connectivity index (χ4v) is 2.63. The third-order valence-electron chi connectivity index (χ3n) is 3.35. The molecule has 1 aromatic carbocycles. The molecule has 18 heavy (non-hydrogen) atoms. The predicted octanol–water partition coefficient (Wildman–Crippen LogP) is 3.22. The predicted molar refractivity (Wildman–Crippen MR) is 73.5 cm³/mol. The Kier molecular flexibility index (Phi) is 3.53. The van der Waals surface area contributed by atoms with Crippen molar-refractivity contribution in [3.05, 3.63) is 23.3 Å².